The summed E-state index contributed by atoms with van der Waals surface area (Å²) in [5.74, 6) is 1.77. The Morgan fingerprint density at radius 1 is 1.46 bits per heavy atom. The van der Waals surface area contributed by atoms with Crippen LogP contribution in [0.15, 0.2) is 27.7 Å². The highest BCUT2D eigenvalue weighted by Gasteiger charge is 2.35. The van der Waals surface area contributed by atoms with Crippen molar-refractivity contribution in [3.05, 3.63) is 45.9 Å². The van der Waals surface area contributed by atoms with Gasteiger partial charge in [-0.1, -0.05) is 13.8 Å². The summed E-state index contributed by atoms with van der Waals surface area (Å²) < 4.78 is 7.13. The Kier molecular flexibility index (Phi) is 3.95. The third-order valence-electron chi connectivity index (χ3n) is 4.29. The number of aromatic nitrogens is 2. The lowest BCUT2D eigenvalue weighted by atomic mass is 9.75. The van der Waals surface area contributed by atoms with E-state index in [4.69, 9.17) is 4.42 Å². The summed E-state index contributed by atoms with van der Waals surface area (Å²) >= 11 is 0. The molecule has 0 spiro atoms. The van der Waals surface area contributed by atoms with Crippen LogP contribution in [0.3, 0.4) is 0 Å². The number of furan rings is 1. The molecule has 0 aliphatic heterocycles. The summed E-state index contributed by atoms with van der Waals surface area (Å²) in [5, 5.41) is 5.48. The van der Waals surface area contributed by atoms with Gasteiger partial charge in [0.25, 0.3) is 5.56 Å². The van der Waals surface area contributed by atoms with Gasteiger partial charge in [0.1, 0.15) is 11.5 Å². The number of carbonyl (C=O) groups excluding carboxylic acids is 1. The molecule has 0 bridgehead atoms. The number of rotatable bonds is 2. The van der Waals surface area contributed by atoms with Crippen LogP contribution in [0, 0.1) is 12.3 Å². The van der Waals surface area contributed by atoms with E-state index in [2.05, 4.69) is 29.5 Å². The van der Waals surface area contributed by atoms with E-state index >= 15 is 0 Å². The molecule has 1 unspecified atom stereocenters. The van der Waals surface area contributed by atoms with Crippen molar-refractivity contribution in [2.75, 3.05) is 5.32 Å². The van der Waals surface area contributed by atoms with Crippen LogP contribution >= 0.6 is 0 Å². The third kappa shape index (κ3) is 3.20. The van der Waals surface area contributed by atoms with Crippen molar-refractivity contribution in [2.24, 2.45) is 12.5 Å². The van der Waals surface area contributed by atoms with Gasteiger partial charge in [0.15, 0.2) is 0 Å². The molecule has 0 aromatic carbocycles. The average Bonchev–Trinajstić information content (AvgIpc) is 2.83. The molecule has 7 nitrogen and oxygen atoms in total. The minimum atomic E-state index is -0.446. The van der Waals surface area contributed by atoms with Crippen LogP contribution in [0.2, 0.25) is 0 Å². The van der Waals surface area contributed by atoms with Crippen LogP contribution in [0.5, 0.6) is 0 Å². The molecule has 0 fully saturated rings. The molecule has 2 heterocycles. The van der Waals surface area contributed by atoms with Crippen LogP contribution in [-0.2, 0) is 13.5 Å². The van der Waals surface area contributed by atoms with Crippen molar-refractivity contribution in [1.82, 2.24) is 14.9 Å². The summed E-state index contributed by atoms with van der Waals surface area (Å²) in [7, 11) is 1.61. The van der Waals surface area contributed by atoms with Crippen molar-refractivity contribution in [2.45, 2.75) is 39.7 Å². The van der Waals surface area contributed by atoms with Crippen LogP contribution in [0.25, 0.3) is 0 Å². The largest absolute Gasteiger partial charge is 0.466 e. The second-order valence-corrected chi connectivity index (χ2v) is 7.12. The fourth-order valence-electron chi connectivity index (χ4n) is 3.20. The zero-order valence-corrected chi connectivity index (χ0v) is 14.3. The maximum atomic E-state index is 12.3. The molecule has 24 heavy (non-hydrogen) atoms. The van der Waals surface area contributed by atoms with Crippen LogP contribution < -0.4 is 16.2 Å². The number of nitrogens with one attached hydrogen (secondary N) is 2. The van der Waals surface area contributed by atoms with Gasteiger partial charge in [0.2, 0.25) is 5.82 Å². The molecule has 2 N–H and O–H groups in total. The SMILES string of the molecule is Cc1cc2c(o1)CC(C)(C)CC2NC(=O)Nc1nccn(C)c1=O. The van der Waals surface area contributed by atoms with E-state index in [0.29, 0.717) is 0 Å². The number of carbonyl (C=O) groups is 1. The van der Waals surface area contributed by atoms with E-state index in [-0.39, 0.29) is 22.8 Å². The maximum Gasteiger partial charge on any atom is 0.321 e. The zero-order valence-electron chi connectivity index (χ0n) is 14.3. The number of hydrogen-bond donors (Lipinski definition) is 2. The Morgan fingerprint density at radius 2 is 2.21 bits per heavy atom. The van der Waals surface area contributed by atoms with E-state index in [1.807, 2.05) is 13.0 Å². The van der Waals surface area contributed by atoms with Crippen LogP contribution in [0.1, 0.15) is 43.4 Å². The van der Waals surface area contributed by atoms with Gasteiger partial charge in [-0.05, 0) is 24.8 Å². The van der Waals surface area contributed by atoms with Gasteiger partial charge in [-0.15, -0.1) is 0 Å². The summed E-state index contributed by atoms with van der Waals surface area (Å²) in [6.45, 7) is 6.20. The third-order valence-corrected chi connectivity index (χ3v) is 4.29. The molecule has 7 heteroatoms. The molecule has 0 saturated heterocycles. The van der Waals surface area contributed by atoms with E-state index in [0.717, 1.165) is 29.9 Å². The Bertz CT molecular complexity index is 835. The predicted octanol–water partition coefficient (Wildman–Crippen LogP) is 2.52. The molecule has 2 amide bonds. The second kappa shape index (κ2) is 5.81. The molecule has 2 aromatic heterocycles. The van der Waals surface area contributed by atoms with Gasteiger partial charge in [-0.25, -0.2) is 9.78 Å². The molecule has 2 aromatic rings. The van der Waals surface area contributed by atoms with Crippen molar-refractivity contribution in [3.8, 4) is 0 Å². The molecule has 1 aliphatic rings. The highest BCUT2D eigenvalue weighted by molar-refractivity contribution is 5.88. The fraction of sp³-hybridized carbons (Fsp3) is 0.471. The lowest BCUT2D eigenvalue weighted by Crippen LogP contribution is -2.39. The summed E-state index contributed by atoms with van der Waals surface area (Å²) in [5.41, 5.74) is 0.684. The average molecular weight is 330 g/mol. The minimum absolute atomic E-state index is 0.0103. The van der Waals surface area contributed by atoms with Gasteiger partial charge in [0, 0.05) is 31.4 Å². The highest BCUT2D eigenvalue weighted by atomic mass is 16.3. The van der Waals surface area contributed by atoms with Crippen LogP contribution in [-0.4, -0.2) is 15.6 Å². The lowest BCUT2D eigenvalue weighted by Gasteiger charge is -2.34. The Morgan fingerprint density at radius 3 is 2.96 bits per heavy atom. The van der Waals surface area contributed by atoms with Crippen LogP contribution in [0.4, 0.5) is 10.6 Å². The van der Waals surface area contributed by atoms with Gasteiger partial charge in [0.05, 0.1) is 6.04 Å². The van der Waals surface area contributed by atoms with Crippen molar-refractivity contribution in [1.29, 1.82) is 0 Å². The molecular formula is C17H22N4O3. The molecular weight excluding hydrogens is 308 g/mol. The van der Waals surface area contributed by atoms with Gasteiger partial charge in [-0.2, -0.15) is 0 Å². The monoisotopic (exact) mass is 330 g/mol. The highest BCUT2D eigenvalue weighted by Crippen LogP contribution is 2.41. The fourth-order valence-corrected chi connectivity index (χ4v) is 3.20. The number of nitrogens with zero attached hydrogens (tertiary/aromatic N) is 2. The normalized spacial score (nSPS) is 18.8. The van der Waals surface area contributed by atoms with E-state index in [9.17, 15) is 9.59 Å². The molecule has 1 aliphatic carbocycles. The Labute approximate surface area is 140 Å². The minimum Gasteiger partial charge on any atom is -0.466 e. The summed E-state index contributed by atoms with van der Waals surface area (Å²) in [6.07, 6.45) is 4.65. The molecule has 3 rings (SSSR count). The topological polar surface area (TPSA) is 89.2 Å². The van der Waals surface area contributed by atoms with Crippen molar-refractivity contribution >= 4 is 11.8 Å². The smallest absolute Gasteiger partial charge is 0.321 e. The van der Waals surface area contributed by atoms with Gasteiger partial charge in [-0.3, -0.25) is 10.1 Å². The molecule has 128 valence electrons. The quantitative estimate of drug-likeness (QED) is 0.885. The number of anilines is 1. The number of urea groups is 1. The maximum absolute atomic E-state index is 12.3. The number of aryl methyl sites for hydroxylation is 2. The van der Waals surface area contributed by atoms with Crippen molar-refractivity contribution < 1.29 is 9.21 Å². The summed E-state index contributed by atoms with van der Waals surface area (Å²) in [4.78, 5) is 28.2. The Hall–Kier alpha value is -2.57. The first-order valence-electron chi connectivity index (χ1n) is 7.93. The number of fused-ring (bicyclic) bond motifs is 1. The van der Waals surface area contributed by atoms with Gasteiger partial charge < -0.3 is 14.3 Å². The zero-order chi connectivity index (χ0) is 17.5. The molecule has 0 saturated carbocycles. The predicted molar refractivity (Wildman–Crippen MR) is 89.9 cm³/mol. The Balaban J connectivity index is 1.79. The number of amides is 2. The van der Waals surface area contributed by atoms with E-state index in [1.54, 1.807) is 7.05 Å². The van der Waals surface area contributed by atoms with Crippen molar-refractivity contribution in [3.63, 3.8) is 0 Å². The first-order valence-corrected chi connectivity index (χ1v) is 7.93. The summed E-state index contributed by atoms with van der Waals surface area (Å²) in [6, 6.07) is 1.36. The lowest BCUT2D eigenvalue weighted by molar-refractivity contribution is 0.222. The second-order valence-electron chi connectivity index (χ2n) is 7.12. The molecule has 0 radical (unpaired) electrons. The molecule has 1 atom stereocenters. The number of hydrogen-bond acceptors (Lipinski definition) is 4. The van der Waals surface area contributed by atoms with E-state index in [1.165, 1.54) is 17.0 Å². The van der Waals surface area contributed by atoms with Gasteiger partial charge >= 0.3 is 6.03 Å². The standard InChI is InChI=1S/C17H22N4O3/c1-10-7-11-12(8-17(2,3)9-13(11)24-10)19-16(23)20-14-15(22)21(4)6-5-18-14/h5-7,12H,8-9H2,1-4H3,(H2,18,19,20,23). The first kappa shape index (κ1) is 16.3. The van der Waals surface area contributed by atoms with E-state index < -0.39 is 6.03 Å². The first-order chi connectivity index (χ1) is 11.2.